The van der Waals surface area contributed by atoms with Gasteiger partial charge in [0, 0.05) is 0 Å². The van der Waals surface area contributed by atoms with Gasteiger partial charge in [0.2, 0.25) is 0 Å². The third-order valence-corrected chi connectivity index (χ3v) is 3.00. The van der Waals surface area contributed by atoms with Crippen LogP contribution < -0.4 is 4.74 Å². The van der Waals surface area contributed by atoms with E-state index in [1.54, 1.807) is 12.1 Å². The SMILES string of the molecule is COc1ccc(C)cc1C(=O)C1(C#N)CC1. The standard InChI is InChI=1S/C13H13NO2/c1-9-3-4-11(16-2)10(7-9)12(15)13(8-14)5-6-13/h3-4,7H,5-6H2,1-2H3. The second kappa shape index (κ2) is 3.64. The van der Waals surface area contributed by atoms with Crippen molar-refractivity contribution in [1.29, 1.82) is 5.26 Å². The summed E-state index contributed by atoms with van der Waals surface area (Å²) in [5, 5.41) is 9.01. The van der Waals surface area contributed by atoms with Crippen LogP contribution >= 0.6 is 0 Å². The molecule has 16 heavy (non-hydrogen) atoms. The van der Waals surface area contributed by atoms with E-state index in [4.69, 9.17) is 10.00 Å². The Hall–Kier alpha value is -1.82. The van der Waals surface area contributed by atoms with Gasteiger partial charge >= 0.3 is 0 Å². The first-order valence-corrected chi connectivity index (χ1v) is 5.24. The molecule has 3 heteroatoms. The fourth-order valence-corrected chi connectivity index (χ4v) is 1.77. The van der Waals surface area contributed by atoms with Gasteiger partial charge in [0.1, 0.15) is 11.2 Å². The molecule has 0 aromatic heterocycles. The van der Waals surface area contributed by atoms with Gasteiger partial charge in [-0.05, 0) is 31.9 Å². The monoisotopic (exact) mass is 215 g/mol. The summed E-state index contributed by atoms with van der Waals surface area (Å²) in [6.45, 7) is 1.92. The molecule has 1 aliphatic carbocycles. The van der Waals surface area contributed by atoms with Gasteiger partial charge in [-0.2, -0.15) is 5.26 Å². The van der Waals surface area contributed by atoms with E-state index in [1.165, 1.54) is 7.11 Å². The summed E-state index contributed by atoms with van der Waals surface area (Å²) in [5.41, 5.74) is 0.751. The zero-order valence-corrected chi connectivity index (χ0v) is 9.41. The van der Waals surface area contributed by atoms with E-state index in [9.17, 15) is 4.79 Å². The number of carbonyl (C=O) groups excluding carboxylic acids is 1. The Morgan fingerprint density at radius 2 is 2.19 bits per heavy atom. The molecule has 2 rings (SSSR count). The number of aryl methyl sites for hydroxylation is 1. The topological polar surface area (TPSA) is 50.1 Å². The summed E-state index contributed by atoms with van der Waals surface area (Å²) >= 11 is 0. The highest BCUT2D eigenvalue weighted by molar-refractivity contribution is 6.06. The number of Topliss-reactive ketones (excluding diaryl/α,β-unsaturated/α-hetero) is 1. The minimum absolute atomic E-state index is 0.101. The van der Waals surface area contributed by atoms with E-state index in [0.717, 1.165) is 5.56 Å². The molecule has 0 aliphatic heterocycles. The third-order valence-electron chi connectivity index (χ3n) is 3.00. The summed E-state index contributed by atoms with van der Waals surface area (Å²) < 4.78 is 5.16. The Labute approximate surface area is 94.6 Å². The van der Waals surface area contributed by atoms with Crippen molar-refractivity contribution in [3.8, 4) is 11.8 Å². The van der Waals surface area contributed by atoms with Crippen molar-refractivity contribution in [3.05, 3.63) is 29.3 Å². The number of rotatable bonds is 3. The fourth-order valence-electron chi connectivity index (χ4n) is 1.77. The molecular weight excluding hydrogens is 202 g/mol. The third kappa shape index (κ3) is 1.57. The Bertz CT molecular complexity index is 481. The van der Waals surface area contributed by atoms with Crippen molar-refractivity contribution in [3.63, 3.8) is 0 Å². The van der Waals surface area contributed by atoms with Crippen LogP contribution in [0.15, 0.2) is 18.2 Å². The molecule has 1 aliphatic rings. The number of nitrogens with zero attached hydrogens (tertiary/aromatic N) is 1. The van der Waals surface area contributed by atoms with Crippen LogP contribution in [0.5, 0.6) is 5.75 Å². The molecule has 0 amide bonds. The Balaban J connectivity index is 2.44. The predicted molar refractivity (Wildman–Crippen MR) is 59.3 cm³/mol. The highest BCUT2D eigenvalue weighted by Crippen LogP contribution is 2.48. The van der Waals surface area contributed by atoms with E-state index in [1.807, 2.05) is 13.0 Å². The van der Waals surface area contributed by atoms with Crippen LogP contribution in [0.2, 0.25) is 0 Å². The van der Waals surface area contributed by atoms with Crippen LogP contribution in [0.25, 0.3) is 0 Å². The quantitative estimate of drug-likeness (QED) is 0.728. The molecule has 0 saturated heterocycles. The molecule has 1 aromatic rings. The average molecular weight is 215 g/mol. The van der Waals surface area contributed by atoms with Crippen LogP contribution in [0.1, 0.15) is 28.8 Å². The normalized spacial score (nSPS) is 16.3. The molecular formula is C13H13NO2. The van der Waals surface area contributed by atoms with Crippen molar-refractivity contribution >= 4 is 5.78 Å². The fraction of sp³-hybridized carbons (Fsp3) is 0.385. The number of hydrogen-bond acceptors (Lipinski definition) is 3. The Morgan fingerprint density at radius 1 is 1.50 bits per heavy atom. The molecule has 0 atom stereocenters. The van der Waals surface area contributed by atoms with Gasteiger partial charge in [0.25, 0.3) is 0 Å². The highest BCUT2D eigenvalue weighted by atomic mass is 16.5. The van der Waals surface area contributed by atoms with Crippen LogP contribution in [-0.4, -0.2) is 12.9 Å². The van der Waals surface area contributed by atoms with E-state index in [2.05, 4.69) is 6.07 Å². The lowest BCUT2D eigenvalue weighted by atomic mass is 9.94. The number of methoxy groups -OCH3 is 1. The van der Waals surface area contributed by atoms with Crippen molar-refractivity contribution in [1.82, 2.24) is 0 Å². The molecule has 1 saturated carbocycles. The molecule has 1 fully saturated rings. The van der Waals surface area contributed by atoms with Crippen LogP contribution in [0.3, 0.4) is 0 Å². The van der Waals surface area contributed by atoms with Gasteiger partial charge in [-0.15, -0.1) is 0 Å². The zero-order chi connectivity index (χ0) is 11.8. The van der Waals surface area contributed by atoms with Crippen molar-refractivity contribution in [2.45, 2.75) is 19.8 Å². The second-order valence-corrected chi connectivity index (χ2v) is 4.23. The smallest absolute Gasteiger partial charge is 0.186 e. The number of carbonyl (C=O) groups is 1. The number of ketones is 1. The number of nitriles is 1. The minimum atomic E-state index is -0.777. The van der Waals surface area contributed by atoms with Gasteiger partial charge in [-0.3, -0.25) is 4.79 Å². The average Bonchev–Trinajstić information content (AvgIpc) is 3.09. The van der Waals surface area contributed by atoms with Crippen LogP contribution in [0, 0.1) is 23.7 Å². The number of ether oxygens (including phenoxy) is 1. The van der Waals surface area contributed by atoms with Gasteiger partial charge in [-0.1, -0.05) is 11.6 Å². The van der Waals surface area contributed by atoms with Crippen LogP contribution in [0.4, 0.5) is 0 Å². The molecule has 0 radical (unpaired) electrons. The van der Waals surface area contributed by atoms with Crippen molar-refractivity contribution < 1.29 is 9.53 Å². The van der Waals surface area contributed by atoms with Crippen LogP contribution in [-0.2, 0) is 0 Å². The zero-order valence-electron chi connectivity index (χ0n) is 9.41. The lowest BCUT2D eigenvalue weighted by molar-refractivity contribution is 0.0931. The molecule has 0 N–H and O–H groups in total. The Morgan fingerprint density at radius 3 is 2.69 bits per heavy atom. The first-order valence-electron chi connectivity index (χ1n) is 5.24. The van der Waals surface area contributed by atoms with Gasteiger partial charge in [0.05, 0.1) is 18.7 Å². The largest absolute Gasteiger partial charge is 0.496 e. The van der Waals surface area contributed by atoms with Crippen molar-refractivity contribution in [2.75, 3.05) is 7.11 Å². The van der Waals surface area contributed by atoms with Gasteiger partial charge < -0.3 is 4.74 Å². The van der Waals surface area contributed by atoms with Crippen molar-refractivity contribution in [2.24, 2.45) is 5.41 Å². The molecule has 82 valence electrons. The van der Waals surface area contributed by atoms with E-state index in [-0.39, 0.29) is 5.78 Å². The maximum atomic E-state index is 12.2. The maximum absolute atomic E-state index is 12.2. The Kier molecular flexibility index (Phi) is 2.43. The summed E-state index contributed by atoms with van der Waals surface area (Å²) in [7, 11) is 1.54. The maximum Gasteiger partial charge on any atom is 0.186 e. The molecule has 1 aromatic carbocycles. The second-order valence-electron chi connectivity index (χ2n) is 4.23. The summed E-state index contributed by atoms with van der Waals surface area (Å²) in [4.78, 5) is 12.2. The number of hydrogen-bond donors (Lipinski definition) is 0. The molecule has 0 heterocycles. The highest BCUT2D eigenvalue weighted by Gasteiger charge is 2.51. The molecule has 3 nitrogen and oxygen atoms in total. The molecule has 0 unspecified atom stereocenters. The van der Waals surface area contributed by atoms with E-state index in [0.29, 0.717) is 24.2 Å². The first kappa shape index (κ1) is 10.7. The number of benzene rings is 1. The minimum Gasteiger partial charge on any atom is -0.496 e. The summed E-state index contributed by atoms with van der Waals surface area (Å²) in [5.74, 6) is 0.452. The van der Waals surface area contributed by atoms with E-state index >= 15 is 0 Å². The first-order chi connectivity index (χ1) is 7.63. The predicted octanol–water partition coefficient (Wildman–Crippen LogP) is 2.49. The van der Waals surface area contributed by atoms with E-state index < -0.39 is 5.41 Å². The molecule has 0 spiro atoms. The van der Waals surface area contributed by atoms with Gasteiger partial charge in [-0.25, -0.2) is 0 Å². The summed E-state index contributed by atoms with van der Waals surface area (Å²) in [6, 6.07) is 7.57. The lowest BCUT2D eigenvalue weighted by Crippen LogP contribution is -2.15. The summed E-state index contributed by atoms with van der Waals surface area (Å²) in [6.07, 6.45) is 1.33. The molecule has 0 bridgehead atoms. The lowest BCUT2D eigenvalue weighted by Gasteiger charge is -2.10. The van der Waals surface area contributed by atoms with Gasteiger partial charge in [0.15, 0.2) is 5.78 Å².